The topological polar surface area (TPSA) is 57.2 Å². The molecule has 5 nitrogen and oxygen atoms in total. The molecule has 4 aromatic rings. The zero-order valence-corrected chi connectivity index (χ0v) is 32.6. The molecule has 0 aliphatic carbocycles. The Morgan fingerprint density at radius 2 is 0.980 bits per heavy atom. The van der Waals surface area contributed by atoms with Gasteiger partial charge in [0.25, 0.3) is 16.6 Å². The fourth-order valence-electron chi connectivity index (χ4n) is 7.35. The molecule has 2 aliphatic rings. The van der Waals surface area contributed by atoms with Crippen LogP contribution in [0.5, 0.6) is 0 Å². The number of benzene rings is 4. The van der Waals surface area contributed by atoms with Crippen LogP contribution in [-0.2, 0) is 18.3 Å². The Balaban J connectivity index is 0.000000198. The molecule has 0 amide bonds. The highest BCUT2D eigenvalue weighted by Crippen LogP contribution is 2.38. The highest BCUT2D eigenvalue weighted by atomic mass is 28.4. The maximum atomic E-state index is 13.6. The van der Waals surface area contributed by atoms with Gasteiger partial charge in [-0.25, -0.2) is 8.78 Å². The quantitative estimate of drug-likeness (QED) is 0.176. The Bertz CT molecular complexity index is 1590. The smallest absolute Gasteiger partial charge is 0.261 e. The number of hydrogen-bond acceptors (Lipinski definition) is 5. The van der Waals surface area contributed by atoms with E-state index in [0.717, 1.165) is 0 Å². The molecule has 2 aliphatic heterocycles. The summed E-state index contributed by atoms with van der Waals surface area (Å²) in [6, 6.07) is 41.5. The van der Waals surface area contributed by atoms with Crippen molar-refractivity contribution in [2.24, 2.45) is 0 Å². The molecule has 0 bridgehead atoms. The lowest BCUT2D eigenvalue weighted by atomic mass is 10.2. The van der Waals surface area contributed by atoms with Crippen molar-refractivity contribution in [3.63, 3.8) is 0 Å². The Morgan fingerprint density at radius 1 is 0.627 bits per heavy atom. The van der Waals surface area contributed by atoms with Crippen molar-refractivity contribution in [3.8, 4) is 0 Å². The van der Waals surface area contributed by atoms with E-state index >= 15 is 0 Å². The van der Waals surface area contributed by atoms with Crippen molar-refractivity contribution in [1.29, 1.82) is 0 Å². The highest BCUT2D eigenvalue weighted by molar-refractivity contribution is 7.00. The van der Waals surface area contributed by atoms with Gasteiger partial charge < -0.3 is 23.4 Å². The maximum absolute atomic E-state index is 13.6. The Hall–Kier alpha value is -3.45. The lowest BCUT2D eigenvalue weighted by Crippen LogP contribution is -2.67. The average molecular weight is 731 g/mol. The molecule has 1 unspecified atom stereocenters. The summed E-state index contributed by atoms with van der Waals surface area (Å²) < 4.78 is 51.1. The zero-order valence-electron chi connectivity index (χ0n) is 30.6. The molecule has 1 saturated heterocycles. The summed E-state index contributed by atoms with van der Waals surface area (Å²) in [5.74, 6) is -0.212. The van der Waals surface area contributed by atoms with E-state index in [1.807, 2.05) is 48.5 Å². The average Bonchev–Trinajstić information content (AvgIpc) is 3.69. The Morgan fingerprint density at radius 3 is 1.25 bits per heavy atom. The van der Waals surface area contributed by atoms with Gasteiger partial charge in [-0.1, -0.05) is 163 Å². The standard InChI is InChI=1S/C21H27FO3Si.C21H25FO2Si/c1-21(2,3)26(17-10-6-4-7-11-17,18-12-8-5-9-13-18)24-15-16-14-19(22)20(23)25-16;1-21(2,3)25(19-10-6-4-7-11-19,20-12-8-5-9-13-20)24-16-18-14-17(22)15-23-18/h4-13,16,19-20,23H,14-15H2,1-3H3;4-13,15,18H,14,16H2,1-3H3/t16-,19?,20+;18-/m00/s1. The first-order chi connectivity index (χ1) is 24.3. The zero-order chi connectivity index (χ0) is 36.7. The summed E-state index contributed by atoms with van der Waals surface area (Å²) in [7, 11) is -5.21. The fraction of sp³-hybridized carbons (Fsp3) is 0.381. The number of hydrogen-bond donors (Lipinski definition) is 1. The molecule has 1 fully saturated rings. The molecule has 51 heavy (non-hydrogen) atoms. The van der Waals surface area contributed by atoms with E-state index in [9.17, 15) is 13.9 Å². The van der Waals surface area contributed by atoms with Gasteiger partial charge in [0.1, 0.15) is 18.2 Å². The third-order valence-electron chi connectivity index (χ3n) is 9.75. The second-order valence-corrected chi connectivity index (χ2v) is 24.0. The van der Waals surface area contributed by atoms with Crippen LogP contribution in [0, 0.1) is 0 Å². The third-order valence-corrected chi connectivity index (χ3v) is 19.8. The molecule has 4 atom stereocenters. The molecule has 6 rings (SSSR count). The molecular formula is C42H52F2O5Si2. The van der Waals surface area contributed by atoms with Crippen LogP contribution >= 0.6 is 0 Å². The van der Waals surface area contributed by atoms with Crippen LogP contribution in [0.4, 0.5) is 8.78 Å². The summed E-state index contributed by atoms with van der Waals surface area (Å²) in [6.45, 7) is 13.9. The van der Waals surface area contributed by atoms with Crippen LogP contribution in [0.25, 0.3) is 0 Å². The van der Waals surface area contributed by atoms with Gasteiger partial charge in [0.05, 0.1) is 19.3 Å². The molecular weight excluding hydrogens is 679 g/mol. The molecule has 0 radical (unpaired) electrons. The summed E-state index contributed by atoms with van der Waals surface area (Å²) in [4.78, 5) is 0. The normalized spacial score (nSPS) is 21.0. The predicted octanol–water partition coefficient (Wildman–Crippen LogP) is 7.17. The van der Waals surface area contributed by atoms with Crippen molar-refractivity contribution in [2.75, 3.05) is 13.2 Å². The first kappa shape index (κ1) is 38.8. The fourth-order valence-corrected chi connectivity index (χ4v) is 16.5. The van der Waals surface area contributed by atoms with Crippen molar-refractivity contribution in [3.05, 3.63) is 133 Å². The van der Waals surface area contributed by atoms with Gasteiger partial charge >= 0.3 is 0 Å². The van der Waals surface area contributed by atoms with Gasteiger partial charge in [0.2, 0.25) is 0 Å². The lowest BCUT2D eigenvalue weighted by Gasteiger charge is -2.43. The van der Waals surface area contributed by atoms with Crippen LogP contribution in [0.1, 0.15) is 54.4 Å². The van der Waals surface area contributed by atoms with Crippen LogP contribution in [0.15, 0.2) is 133 Å². The Labute approximate surface area is 304 Å². The largest absolute Gasteiger partial charge is 0.493 e. The molecule has 0 spiro atoms. The van der Waals surface area contributed by atoms with Crippen LogP contribution in [0.3, 0.4) is 0 Å². The van der Waals surface area contributed by atoms with Crippen LogP contribution in [-0.4, -0.2) is 59.6 Å². The third kappa shape index (κ3) is 8.62. The molecule has 272 valence electrons. The van der Waals surface area contributed by atoms with Crippen LogP contribution in [0.2, 0.25) is 10.1 Å². The van der Waals surface area contributed by atoms with E-state index in [2.05, 4.69) is 114 Å². The molecule has 1 N–H and O–H groups in total. The second-order valence-electron chi connectivity index (χ2n) is 15.4. The number of halogens is 2. The monoisotopic (exact) mass is 730 g/mol. The van der Waals surface area contributed by atoms with Gasteiger partial charge in [-0.3, -0.25) is 0 Å². The predicted molar refractivity (Wildman–Crippen MR) is 206 cm³/mol. The minimum atomic E-state index is -2.64. The van der Waals surface area contributed by atoms with E-state index in [-0.39, 0.29) is 41.5 Å². The summed E-state index contributed by atoms with van der Waals surface area (Å²) in [5, 5.41) is 14.1. The van der Waals surface area contributed by atoms with Gasteiger partial charge in [0.15, 0.2) is 12.5 Å². The number of alkyl halides is 1. The van der Waals surface area contributed by atoms with Gasteiger partial charge in [-0.2, -0.15) is 0 Å². The first-order valence-electron chi connectivity index (χ1n) is 17.8. The molecule has 0 aromatic heterocycles. The SMILES string of the molecule is CC(C)(C)[Si](OC[C@@H]1CC(F)=CO1)(c1ccccc1)c1ccccc1.CC(C)(C)[Si](OC[C@@H]1CC(F)[C@H](O)O1)(c1ccccc1)c1ccccc1. The van der Waals surface area contributed by atoms with E-state index < -0.39 is 35.2 Å². The second kappa shape index (κ2) is 16.5. The van der Waals surface area contributed by atoms with Gasteiger partial charge in [-0.15, -0.1) is 0 Å². The summed E-state index contributed by atoms with van der Waals surface area (Å²) >= 11 is 0. The Kier molecular flexibility index (Phi) is 12.5. The minimum Gasteiger partial charge on any atom is -0.493 e. The number of aliphatic hydroxyl groups excluding tert-OH is 1. The molecule has 0 saturated carbocycles. The number of ether oxygens (including phenoxy) is 2. The van der Waals surface area contributed by atoms with Crippen molar-refractivity contribution in [2.45, 2.75) is 89.1 Å². The molecule has 4 aromatic carbocycles. The van der Waals surface area contributed by atoms with E-state index in [1.165, 1.54) is 27.0 Å². The van der Waals surface area contributed by atoms with E-state index in [0.29, 0.717) is 6.61 Å². The summed E-state index contributed by atoms with van der Waals surface area (Å²) in [5.41, 5.74) is 0. The van der Waals surface area contributed by atoms with E-state index in [1.54, 1.807) is 0 Å². The van der Waals surface area contributed by atoms with Crippen molar-refractivity contribution in [1.82, 2.24) is 0 Å². The molecule has 9 heteroatoms. The highest BCUT2D eigenvalue weighted by Gasteiger charge is 2.52. The summed E-state index contributed by atoms with van der Waals surface area (Å²) in [6.07, 6.45) is -1.70. The number of rotatable bonds is 10. The first-order valence-corrected chi connectivity index (χ1v) is 21.6. The van der Waals surface area contributed by atoms with E-state index in [4.69, 9.17) is 18.3 Å². The van der Waals surface area contributed by atoms with Crippen molar-refractivity contribution >= 4 is 37.4 Å². The maximum Gasteiger partial charge on any atom is 0.261 e. The lowest BCUT2D eigenvalue weighted by molar-refractivity contribution is -0.118. The minimum absolute atomic E-state index is 0.0831. The van der Waals surface area contributed by atoms with Gasteiger partial charge in [-0.05, 0) is 30.8 Å². The van der Waals surface area contributed by atoms with Gasteiger partial charge in [0, 0.05) is 12.8 Å². The van der Waals surface area contributed by atoms with Crippen molar-refractivity contribution < 1.29 is 32.2 Å². The van der Waals surface area contributed by atoms with Crippen LogP contribution < -0.4 is 20.7 Å². The number of aliphatic hydroxyl groups is 1. The molecule has 2 heterocycles.